The van der Waals surface area contributed by atoms with Gasteiger partial charge in [-0.1, -0.05) is 12.1 Å². The number of imidazole rings is 1. The lowest BCUT2D eigenvalue weighted by Gasteiger charge is -2.20. The minimum Gasteiger partial charge on any atom is -0.435 e. The molecule has 3 heterocycles. The van der Waals surface area contributed by atoms with Gasteiger partial charge in [-0.3, -0.25) is 0 Å². The third-order valence-corrected chi connectivity index (χ3v) is 3.43. The predicted octanol–water partition coefficient (Wildman–Crippen LogP) is 2.50. The maximum Gasteiger partial charge on any atom is 0.248 e. The summed E-state index contributed by atoms with van der Waals surface area (Å²) in [5, 5.41) is 3.40. The molecule has 100 valence electrons. The van der Waals surface area contributed by atoms with Crippen molar-refractivity contribution in [3.05, 3.63) is 36.4 Å². The molecule has 0 spiro atoms. The highest BCUT2D eigenvalue weighted by Gasteiger charge is 2.15. The molecule has 1 aliphatic rings. The lowest BCUT2D eigenvalue weighted by Crippen LogP contribution is -2.12. The molecule has 0 saturated heterocycles. The smallest absolute Gasteiger partial charge is 0.248 e. The van der Waals surface area contributed by atoms with Crippen LogP contribution >= 0.6 is 0 Å². The first-order valence-electron chi connectivity index (χ1n) is 6.59. The molecule has 0 aliphatic carbocycles. The number of nitrogens with zero attached hydrogens (tertiary/aromatic N) is 3. The number of aryl methyl sites for hydroxylation is 1. The SMILES string of the molecule is c1cc2c(c(Oc3ncnc4nc[nH]c34)c1)NCCC2. The van der Waals surface area contributed by atoms with E-state index in [1.54, 1.807) is 6.33 Å². The van der Waals surface area contributed by atoms with E-state index in [1.807, 2.05) is 12.1 Å². The third kappa shape index (κ3) is 1.77. The molecule has 6 nitrogen and oxygen atoms in total. The van der Waals surface area contributed by atoms with E-state index in [2.05, 4.69) is 31.3 Å². The molecule has 20 heavy (non-hydrogen) atoms. The first-order chi connectivity index (χ1) is 9.92. The predicted molar refractivity (Wildman–Crippen MR) is 75.0 cm³/mol. The van der Waals surface area contributed by atoms with Crippen molar-refractivity contribution < 1.29 is 4.74 Å². The highest BCUT2D eigenvalue weighted by atomic mass is 16.5. The molecule has 3 aromatic rings. The molecule has 0 unspecified atom stereocenters. The molecule has 0 amide bonds. The van der Waals surface area contributed by atoms with Crippen molar-refractivity contribution >= 4 is 16.9 Å². The zero-order valence-electron chi connectivity index (χ0n) is 10.8. The molecular weight excluding hydrogens is 254 g/mol. The summed E-state index contributed by atoms with van der Waals surface area (Å²) >= 11 is 0. The van der Waals surface area contributed by atoms with Gasteiger partial charge < -0.3 is 15.0 Å². The number of nitrogens with one attached hydrogen (secondary N) is 2. The minimum absolute atomic E-state index is 0.494. The maximum absolute atomic E-state index is 5.96. The first kappa shape index (κ1) is 11.2. The molecule has 4 rings (SSSR count). The number of hydrogen-bond acceptors (Lipinski definition) is 5. The van der Waals surface area contributed by atoms with Gasteiger partial charge >= 0.3 is 0 Å². The van der Waals surface area contributed by atoms with Crippen LogP contribution in [0.25, 0.3) is 11.2 Å². The van der Waals surface area contributed by atoms with Gasteiger partial charge in [0.05, 0.1) is 12.0 Å². The van der Waals surface area contributed by atoms with Crippen molar-refractivity contribution in [1.29, 1.82) is 0 Å². The van der Waals surface area contributed by atoms with E-state index in [0.717, 1.165) is 30.8 Å². The highest BCUT2D eigenvalue weighted by molar-refractivity contribution is 5.76. The number of fused-ring (bicyclic) bond motifs is 2. The summed E-state index contributed by atoms with van der Waals surface area (Å²) in [6.45, 7) is 0.969. The summed E-state index contributed by atoms with van der Waals surface area (Å²) in [5.74, 6) is 1.28. The fraction of sp³-hybridized carbons (Fsp3) is 0.214. The fourth-order valence-electron chi connectivity index (χ4n) is 2.49. The molecule has 2 N–H and O–H groups in total. The van der Waals surface area contributed by atoms with Crippen molar-refractivity contribution in [2.75, 3.05) is 11.9 Å². The monoisotopic (exact) mass is 267 g/mol. The van der Waals surface area contributed by atoms with E-state index < -0.39 is 0 Å². The van der Waals surface area contributed by atoms with Gasteiger partial charge in [0.25, 0.3) is 0 Å². The summed E-state index contributed by atoms with van der Waals surface area (Å²) < 4.78 is 5.96. The zero-order valence-corrected chi connectivity index (χ0v) is 10.8. The topological polar surface area (TPSA) is 75.7 Å². The van der Waals surface area contributed by atoms with E-state index in [9.17, 15) is 0 Å². The van der Waals surface area contributed by atoms with Gasteiger partial charge in [0, 0.05) is 6.54 Å². The Morgan fingerprint density at radius 1 is 1.15 bits per heavy atom. The fourth-order valence-corrected chi connectivity index (χ4v) is 2.49. The van der Waals surface area contributed by atoms with E-state index in [1.165, 1.54) is 11.9 Å². The Morgan fingerprint density at radius 2 is 2.15 bits per heavy atom. The summed E-state index contributed by atoms with van der Waals surface area (Å²) in [6, 6.07) is 6.08. The number of ether oxygens (including phenoxy) is 1. The first-order valence-corrected chi connectivity index (χ1v) is 6.59. The van der Waals surface area contributed by atoms with Gasteiger partial charge in [0.1, 0.15) is 11.8 Å². The Bertz CT molecular complexity index is 767. The summed E-state index contributed by atoms with van der Waals surface area (Å²) in [4.78, 5) is 15.4. The largest absolute Gasteiger partial charge is 0.435 e. The van der Waals surface area contributed by atoms with Crippen molar-refractivity contribution in [1.82, 2.24) is 19.9 Å². The lowest BCUT2D eigenvalue weighted by molar-refractivity contribution is 0.467. The van der Waals surface area contributed by atoms with Gasteiger partial charge in [-0.15, -0.1) is 0 Å². The average Bonchev–Trinajstić information content (AvgIpc) is 2.97. The van der Waals surface area contributed by atoms with Gasteiger partial charge in [-0.05, 0) is 24.5 Å². The molecular formula is C14H13N5O. The summed E-state index contributed by atoms with van der Waals surface area (Å²) in [5.41, 5.74) is 3.65. The molecule has 1 aliphatic heterocycles. The van der Waals surface area contributed by atoms with Crippen LogP contribution in [0.1, 0.15) is 12.0 Å². The zero-order chi connectivity index (χ0) is 13.4. The lowest BCUT2D eigenvalue weighted by atomic mass is 10.0. The molecule has 1 aromatic carbocycles. The molecule has 0 radical (unpaired) electrons. The van der Waals surface area contributed by atoms with Gasteiger partial charge in [-0.25, -0.2) is 9.97 Å². The minimum atomic E-state index is 0.494. The average molecular weight is 267 g/mol. The number of anilines is 1. The number of aromatic nitrogens is 4. The Morgan fingerprint density at radius 3 is 3.15 bits per heavy atom. The second kappa shape index (κ2) is 4.48. The van der Waals surface area contributed by atoms with Crippen molar-refractivity contribution in [2.24, 2.45) is 0 Å². The van der Waals surface area contributed by atoms with Crippen LogP contribution in [0.2, 0.25) is 0 Å². The van der Waals surface area contributed by atoms with Crippen LogP contribution in [0.4, 0.5) is 5.69 Å². The molecule has 0 saturated carbocycles. The molecule has 6 heteroatoms. The standard InChI is InChI=1S/C14H13N5O/c1-3-9-4-2-6-15-11(9)10(5-1)20-14-12-13(17-7-16-12)18-8-19-14/h1,3,5,7-8,15H,2,4,6H2,(H,16,17,18,19). The highest BCUT2D eigenvalue weighted by Crippen LogP contribution is 2.35. The van der Waals surface area contributed by atoms with E-state index >= 15 is 0 Å². The Kier molecular flexibility index (Phi) is 2.51. The van der Waals surface area contributed by atoms with Crippen molar-refractivity contribution in [3.63, 3.8) is 0 Å². The number of aromatic amines is 1. The third-order valence-electron chi connectivity index (χ3n) is 3.43. The van der Waals surface area contributed by atoms with Gasteiger partial charge in [0.2, 0.25) is 5.88 Å². The van der Waals surface area contributed by atoms with E-state index in [0.29, 0.717) is 17.0 Å². The number of benzene rings is 1. The normalized spacial score (nSPS) is 13.8. The number of H-pyrrole nitrogens is 1. The number of rotatable bonds is 2. The van der Waals surface area contributed by atoms with Gasteiger partial charge in [0.15, 0.2) is 11.4 Å². The maximum atomic E-state index is 5.96. The quantitative estimate of drug-likeness (QED) is 0.746. The van der Waals surface area contributed by atoms with Crippen LogP contribution in [-0.4, -0.2) is 26.5 Å². The van der Waals surface area contributed by atoms with Crippen molar-refractivity contribution in [2.45, 2.75) is 12.8 Å². The molecule has 0 bridgehead atoms. The second-order valence-electron chi connectivity index (χ2n) is 4.70. The van der Waals surface area contributed by atoms with Crippen LogP contribution < -0.4 is 10.1 Å². The Balaban J connectivity index is 1.78. The molecule has 0 atom stereocenters. The molecule has 0 fully saturated rings. The summed E-state index contributed by atoms with van der Waals surface area (Å²) in [6.07, 6.45) is 5.27. The van der Waals surface area contributed by atoms with Crippen LogP contribution in [0.3, 0.4) is 0 Å². The Labute approximate surface area is 115 Å². The number of para-hydroxylation sites is 1. The number of hydrogen-bond donors (Lipinski definition) is 2. The second-order valence-corrected chi connectivity index (χ2v) is 4.70. The van der Waals surface area contributed by atoms with E-state index in [4.69, 9.17) is 4.74 Å². The van der Waals surface area contributed by atoms with Crippen LogP contribution in [0.15, 0.2) is 30.9 Å². The van der Waals surface area contributed by atoms with Crippen LogP contribution in [0.5, 0.6) is 11.6 Å². The van der Waals surface area contributed by atoms with Crippen molar-refractivity contribution in [3.8, 4) is 11.6 Å². The Hall–Kier alpha value is -2.63. The van der Waals surface area contributed by atoms with Crippen LogP contribution in [0, 0.1) is 0 Å². The van der Waals surface area contributed by atoms with Gasteiger partial charge in [-0.2, -0.15) is 4.98 Å². The van der Waals surface area contributed by atoms with E-state index in [-0.39, 0.29) is 0 Å². The van der Waals surface area contributed by atoms with Crippen LogP contribution in [-0.2, 0) is 6.42 Å². The molecule has 2 aromatic heterocycles. The summed E-state index contributed by atoms with van der Waals surface area (Å²) in [7, 11) is 0.